The number of nitriles is 1. The summed E-state index contributed by atoms with van der Waals surface area (Å²) in [6, 6.07) is 9.41. The highest BCUT2D eigenvalue weighted by Crippen LogP contribution is 2.12. The molecule has 0 unspecified atom stereocenters. The molecule has 0 saturated carbocycles. The zero-order valence-electron chi connectivity index (χ0n) is 9.19. The molecule has 0 aliphatic heterocycles. The number of amides is 1. The van der Waals surface area contributed by atoms with Gasteiger partial charge in [0.1, 0.15) is 12.3 Å². The Hall–Kier alpha value is -2.02. The number of nitrogens with one attached hydrogen (secondary N) is 1. The number of benzene rings is 1. The molecule has 0 saturated heterocycles. The lowest BCUT2D eigenvalue weighted by atomic mass is 10.2. The largest absolute Gasteiger partial charge is 0.484 e. The number of hydrogen-bond acceptors (Lipinski definition) is 3. The predicted molar refractivity (Wildman–Crippen MR) is 59.9 cm³/mol. The molecule has 1 N–H and O–H groups in total. The highest BCUT2D eigenvalue weighted by Gasteiger charge is 2.01. The molecule has 4 heteroatoms. The van der Waals surface area contributed by atoms with Crippen molar-refractivity contribution in [3.63, 3.8) is 0 Å². The summed E-state index contributed by atoms with van der Waals surface area (Å²) in [6.45, 7) is 2.02. The number of rotatable bonds is 5. The smallest absolute Gasteiger partial charge is 0.258 e. The van der Waals surface area contributed by atoms with Crippen LogP contribution in [0.5, 0.6) is 5.75 Å². The van der Waals surface area contributed by atoms with Crippen LogP contribution < -0.4 is 10.1 Å². The van der Waals surface area contributed by atoms with Crippen molar-refractivity contribution in [3.8, 4) is 11.8 Å². The standard InChI is InChI=1S/C12H14N2O2/c1-2-10-3-5-11(6-4-10)16-9-12(15)14-8-7-13/h3-6H,2,8-9H2,1H3,(H,14,15). The van der Waals surface area contributed by atoms with Gasteiger partial charge in [-0.3, -0.25) is 4.79 Å². The lowest BCUT2D eigenvalue weighted by Gasteiger charge is -2.06. The molecule has 16 heavy (non-hydrogen) atoms. The molecule has 0 radical (unpaired) electrons. The molecule has 0 spiro atoms. The first-order valence-corrected chi connectivity index (χ1v) is 5.11. The first-order chi connectivity index (χ1) is 7.76. The molecule has 0 atom stereocenters. The normalized spacial score (nSPS) is 9.25. The van der Waals surface area contributed by atoms with Crippen molar-refractivity contribution < 1.29 is 9.53 Å². The van der Waals surface area contributed by atoms with Crippen molar-refractivity contribution in [3.05, 3.63) is 29.8 Å². The van der Waals surface area contributed by atoms with E-state index in [0.29, 0.717) is 5.75 Å². The summed E-state index contributed by atoms with van der Waals surface area (Å²) >= 11 is 0. The molecule has 1 rings (SSSR count). The van der Waals surface area contributed by atoms with Gasteiger partial charge in [0.2, 0.25) is 0 Å². The minimum Gasteiger partial charge on any atom is -0.484 e. The highest BCUT2D eigenvalue weighted by atomic mass is 16.5. The van der Waals surface area contributed by atoms with Gasteiger partial charge in [-0.15, -0.1) is 0 Å². The van der Waals surface area contributed by atoms with Gasteiger partial charge in [0, 0.05) is 0 Å². The third kappa shape index (κ3) is 4.01. The van der Waals surface area contributed by atoms with Crippen LogP contribution in [0.3, 0.4) is 0 Å². The molecule has 0 aromatic heterocycles. The molecule has 0 aliphatic carbocycles. The highest BCUT2D eigenvalue weighted by molar-refractivity contribution is 5.77. The lowest BCUT2D eigenvalue weighted by molar-refractivity contribution is -0.122. The summed E-state index contributed by atoms with van der Waals surface area (Å²) in [5.74, 6) is 0.366. The molecule has 0 heterocycles. The number of carbonyl (C=O) groups is 1. The fourth-order valence-electron chi connectivity index (χ4n) is 1.16. The summed E-state index contributed by atoms with van der Waals surface area (Å²) in [5.41, 5.74) is 1.22. The molecular formula is C12H14N2O2. The van der Waals surface area contributed by atoms with Crippen LogP contribution in [0.2, 0.25) is 0 Å². The van der Waals surface area contributed by atoms with E-state index in [9.17, 15) is 4.79 Å². The van der Waals surface area contributed by atoms with E-state index in [0.717, 1.165) is 6.42 Å². The van der Waals surface area contributed by atoms with E-state index in [4.69, 9.17) is 10.00 Å². The second-order valence-corrected chi connectivity index (χ2v) is 3.22. The number of hydrogen-bond donors (Lipinski definition) is 1. The van der Waals surface area contributed by atoms with E-state index in [1.165, 1.54) is 5.56 Å². The molecule has 0 fully saturated rings. The molecule has 1 amide bonds. The Morgan fingerprint density at radius 3 is 2.69 bits per heavy atom. The summed E-state index contributed by atoms with van der Waals surface area (Å²) in [6.07, 6.45) is 0.975. The Morgan fingerprint density at radius 2 is 2.12 bits per heavy atom. The van der Waals surface area contributed by atoms with Gasteiger partial charge in [0.15, 0.2) is 6.61 Å². The zero-order chi connectivity index (χ0) is 11.8. The van der Waals surface area contributed by atoms with Crippen LogP contribution in [0.25, 0.3) is 0 Å². The average molecular weight is 218 g/mol. The summed E-state index contributed by atoms with van der Waals surface area (Å²) in [7, 11) is 0. The number of aryl methyl sites for hydroxylation is 1. The number of nitrogens with zero attached hydrogens (tertiary/aromatic N) is 1. The lowest BCUT2D eigenvalue weighted by Crippen LogP contribution is -2.28. The molecule has 4 nitrogen and oxygen atoms in total. The second-order valence-electron chi connectivity index (χ2n) is 3.22. The van der Waals surface area contributed by atoms with Gasteiger partial charge in [0.25, 0.3) is 5.91 Å². The SMILES string of the molecule is CCc1ccc(OCC(=O)NCC#N)cc1. The summed E-state index contributed by atoms with van der Waals surface area (Å²) in [5, 5.41) is 10.7. The van der Waals surface area contributed by atoms with Crippen molar-refractivity contribution in [1.82, 2.24) is 5.32 Å². The maximum atomic E-state index is 11.1. The van der Waals surface area contributed by atoms with Crippen molar-refractivity contribution in [2.75, 3.05) is 13.2 Å². The monoisotopic (exact) mass is 218 g/mol. The van der Waals surface area contributed by atoms with Gasteiger partial charge in [-0.25, -0.2) is 0 Å². The third-order valence-electron chi connectivity index (χ3n) is 2.07. The second kappa shape index (κ2) is 6.46. The molecule has 0 aliphatic rings. The zero-order valence-corrected chi connectivity index (χ0v) is 9.19. The predicted octanol–water partition coefficient (Wildman–Crippen LogP) is 1.27. The fraction of sp³-hybridized carbons (Fsp3) is 0.333. The van der Waals surface area contributed by atoms with Crippen LogP contribution in [0, 0.1) is 11.3 Å². The fourth-order valence-corrected chi connectivity index (χ4v) is 1.16. The van der Waals surface area contributed by atoms with Crippen LogP contribution >= 0.6 is 0 Å². The van der Waals surface area contributed by atoms with Crippen molar-refractivity contribution in [1.29, 1.82) is 5.26 Å². The van der Waals surface area contributed by atoms with Gasteiger partial charge in [-0.05, 0) is 24.1 Å². The number of carbonyl (C=O) groups excluding carboxylic acids is 1. The van der Waals surface area contributed by atoms with Crippen LogP contribution in [0.4, 0.5) is 0 Å². The average Bonchev–Trinajstić information content (AvgIpc) is 2.34. The molecule has 1 aromatic carbocycles. The van der Waals surface area contributed by atoms with E-state index in [2.05, 4.69) is 12.2 Å². The minimum atomic E-state index is -0.291. The molecular weight excluding hydrogens is 204 g/mol. The van der Waals surface area contributed by atoms with Crippen molar-refractivity contribution >= 4 is 5.91 Å². The summed E-state index contributed by atoms with van der Waals surface area (Å²) in [4.78, 5) is 11.1. The molecule has 84 valence electrons. The van der Waals surface area contributed by atoms with E-state index in [-0.39, 0.29) is 19.1 Å². The van der Waals surface area contributed by atoms with Crippen LogP contribution in [0.1, 0.15) is 12.5 Å². The van der Waals surface area contributed by atoms with Gasteiger partial charge in [0.05, 0.1) is 6.07 Å². The van der Waals surface area contributed by atoms with E-state index < -0.39 is 0 Å². The van der Waals surface area contributed by atoms with E-state index in [1.54, 1.807) is 0 Å². The van der Waals surface area contributed by atoms with Crippen LogP contribution in [-0.2, 0) is 11.2 Å². The molecule has 1 aromatic rings. The van der Waals surface area contributed by atoms with Crippen molar-refractivity contribution in [2.45, 2.75) is 13.3 Å². The maximum Gasteiger partial charge on any atom is 0.258 e. The Kier molecular flexibility index (Phi) is 4.87. The Labute approximate surface area is 94.8 Å². The first-order valence-electron chi connectivity index (χ1n) is 5.11. The third-order valence-corrected chi connectivity index (χ3v) is 2.07. The van der Waals surface area contributed by atoms with Crippen LogP contribution in [0.15, 0.2) is 24.3 Å². The Morgan fingerprint density at radius 1 is 1.44 bits per heavy atom. The Balaban J connectivity index is 2.37. The quantitative estimate of drug-likeness (QED) is 0.757. The van der Waals surface area contributed by atoms with Gasteiger partial charge >= 0.3 is 0 Å². The first kappa shape index (κ1) is 12.1. The molecule has 0 bridgehead atoms. The topological polar surface area (TPSA) is 62.1 Å². The maximum absolute atomic E-state index is 11.1. The van der Waals surface area contributed by atoms with Crippen LogP contribution in [-0.4, -0.2) is 19.1 Å². The summed E-state index contributed by atoms with van der Waals surface area (Å²) < 4.78 is 5.24. The Bertz CT molecular complexity index is 379. The minimum absolute atomic E-state index is 0.0109. The van der Waals surface area contributed by atoms with Gasteiger partial charge in [-0.1, -0.05) is 19.1 Å². The number of ether oxygens (including phenoxy) is 1. The van der Waals surface area contributed by atoms with E-state index in [1.807, 2.05) is 30.3 Å². The van der Waals surface area contributed by atoms with Gasteiger partial charge in [-0.2, -0.15) is 5.26 Å². The van der Waals surface area contributed by atoms with Gasteiger partial charge < -0.3 is 10.1 Å². The van der Waals surface area contributed by atoms with E-state index >= 15 is 0 Å². The van der Waals surface area contributed by atoms with Crippen molar-refractivity contribution in [2.24, 2.45) is 0 Å².